The van der Waals surface area contributed by atoms with Gasteiger partial charge in [-0.2, -0.15) is 9.65 Å². The van der Waals surface area contributed by atoms with Crippen LogP contribution >= 0.6 is 0 Å². The summed E-state index contributed by atoms with van der Waals surface area (Å²) in [6.07, 6.45) is 2.39. The largest absolute Gasteiger partial charge is 0.481 e. The van der Waals surface area contributed by atoms with Crippen LogP contribution in [0.5, 0.6) is 5.75 Å². The van der Waals surface area contributed by atoms with Gasteiger partial charge < -0.3 is 10.5 Å². The van der Waals surface area contributed by atoms with Crippen LogP contribution in [0.2, 0.25) is 0 Å². The van der Waals surface area contributed by atoms with E-state index in [2.05, 4.69) is 4.90 Å². The number of hydrogen-bond acceptors (Lipinski definition) is 4. The number of rotatable bonds is 3. The zero-order chi connectivity index (χ0) is 19.0. The third-order valence-corrected chi connectivity index (χ3v) is 5.52. The first kappa shape index (κ1) is 17.9. The van der Waals surface area contributed by atoms with Gasteiger partial charge >= 0.3 is 0 Å². The third-order valence-electron chi connectivity index (χ3n) is 5.52. The fraction of sp³-hybridized carbons (Fsp3) is 0.381. The maximum atomic E-state index is 14.4. The molecule has 2 aromatic rings. The number of nitrogens with two attached hydrogens (primary N) is 1. The van der Waals surface area contributed by atoms with Gasteiger partial charge in [-0.15, -0.1) is 0 Å². The van der Waals surface area contributed by atoms with Gasteiger partial charge in [0.25, 0.3) is 0 Å². The van der Waals surface area contributed by atoms with Crippen molar-refractivity contribution >= 4 is 0 Å². The minimum atomic E-state index is -1.17. The Morgan fingerprint density at radius 2 is 1.96 bits per heavy atom. The Hall–Kier alpha value is -2.49. The molecule has 1 aliphatic heterocycles. The van der Waals surface area contributed by atoms with E-state index >= 15 is 0 Å². The van der Waals surface area contributed by atoms with E-state index in [4.69, 9.17) is 15.7 Å². The quantitative estimate of drug-likeness (QED) is 0.902. The number of piperidine rings is 1. The number of likely N-dealkylation sites (tertiary alicyclic amines) is 1. The summed E-state index contributed by atoms with van der Waals surface area (Å²) < 4.78 is 34.5. The molecule has 4 nitrogen and oxygen atoms in total. The molecule has 0 spiro atoms. The van der Waals surface area contributed by atoms with Gasteiger partial charge in [0.1, 0.15) is 12.2 Å². The minimum Gasteiger partial charge on any atom is -0.481 e. The van der Waals surface area contributed by atoms with Crippen LogP contribution in [0, 0.1) is 23.0 Å². The summed E-state index contributed by atoms with van der Waals surface area (Å²) in [7, 11) is 0. The van der Waals surface area contributed by atoms with E-state index in [0.29, 0.717) is 0 Å². The van der Waals surface area contributed by atoms with E-state index < -0.39 is 17.7 Å². The van der Waals surface area contributed by atoms with Crippen molar-refractivity contribution in [2.75, 3.05) is 13.1 Å². The zero-order valence-electron chi connectivity index (χ0n) is 14.9. The van der Waals surface area contributed by atoms with Crippen LogP contribution in [0.25, 0.3) is 0 Å². The topological polar surface area (TPSA) is 62.3 Å². The van der Waals surface area contributed by atoms with Crippen LogP contribution in [-0.4, -0.2) is 30.1 Å². The van der Waals surface area contributed by atoms with Crippen molar-refractivity contribution in [3.8, 4) is 11.8 Å². The van der Waals surface area contributed by atoms with Crippen LogP contribution in [0.1, 0.15) is 35.6 Å². The first-order valence-electron chi connectivity index (χ1n) is 9.20. The highest BCUT2D eigenvalue weighted by atomic mass is 19.2. The lowest BCUT2D eigenvalue weighted by atomic mass is 10.0. The van der Waals surface area contributed by atoms with Gasteiger partial charge in [0.05, 0.1) is 11.6 Å². The highest BCUT2D eigenvalue weighted by Crippen LogP contribution is 2.39. The maximum Gasteiger partial charge on any atom is 0.202 e. The van der Waals surface area contributed by atoms with Gasteiger partial charge in [-0.25, -0.2) is 4.39 Å². The molecule has 4 rings (SSSR count). The monoisotopic (exact) mass is 369 g/mol. The maximum absolute atomic E-state index is 14.4. The Morgan fingerprint density at radius 3 is 2.74 bits per heavy atom. The second-order valence-electron chi connectivity index (χ2n) is 7.26. The number of nitriles is 1. The molecule has 2 N–H and O–H groups in total. The molecule has 6 heteroatoms. The first-order chi connectivity index (χ1) is 13.1. The average Bonchev–Trinajstić information content (AvgIpc) is 3.04. The van der Waals surface area contributed by atoms with E-state index in [0.717, 1.165) is 43.5 Å². The Balaban J connectivity index is 1.67. The molecule has 2 aliphatic rings. The van der Waals surface area contributed by atoms with Crippen LogP contribution < -0.4 is 10.5 Å². The lowest BCUT2D eigenvalue weighted by Crippen LogP contribution is -2.49. The summed E-state index contributed by atoms with van der Waals surface area (Å²) in [5, 5.41) is 8.87. The van der Waals surface area contributed by atoms with E-state index in [9.17, 15) is 8.78 Å². The second kappa shape index (κ2) is 7.26. The van der Waals surface area contributed by atoms with Gasteiger partial charge in [0.15, 0.2) is 11.6 Å². The molecule has 1 aliphatic carbocycles. The lowest BCUT2D eigenvalue weighted by Gasteiger charge is -2.38. The summed E-state index contributed by atoms with van der Waals surface area (Å²) in [4.78, 5) is 2.30. The van der Waals surface area contributed by atoms with Crippen molar-refractivity contribution in [3.05, 3.63) is 64.7 Å². The molecule has 3 unspecified atom stereocenters. The molecule has 2 aromatic carbocycles. The predicted octanol–water partition coefficient (Wildman–Crippen LogP) is 3.30. The molecule has 140 valence electrons. The Bertz CT molecular complexity index is 895. The smallest absolute Gasteiger partial charge is 0.202 e. The minimum absolute atomic E-state index is 0.0202. The van der Waals surface area contributed by atoms with E-state index in [1.807, 2.05) is 24.3 Å². The average molecular weight is 369 g/mol. The number of ether oxygens (including phenoxy) is 1. The summed E-state index contributed by atoms with van der Waals surface area (Å²) in [5.74, 6) is -2.45. The highest BCUT2D eigenvalue weighted by molar-refractivity contribution is 5.41. The van der Waals surface area contributed by atoms with E-state index in [1.165, 1.54) is 12.1 Å². The fourth-order valence-corrected chi connectivity index (χ4v) is 4.19. The summed E-state index contributed by atoms with van der Waals surface area (Å²) in [5.41, 5.74) is 7.97. The van der Waals surface area contributed by atoms with Gasteiger partial charge in [0, 0.05) is 12.6 Å². The Kier molecular flexibility index (Phi) is 4.81. The summed E-state index contributed by atoms with van der Waals surface area (Å²) >= 11 is 0. The Labute approximate surface area is 157 Å². The molecule has 0 bridgehead atoms. The summed E-state index contributed by atoms with van der Waals surface area (Å²) in [6.45, 7) is 1.68. The van der Waals surface area contributed by atoms with Crippen molar-refractivity contribution in [3.63, 3.8) is 0 Å². The fourth-order valence-electron chi connectivity index (χ4n) is 4.19. The number of hydrogen-bond donors (Lipinski definition) is 1. The predicted molar refractivity (Wildman–Crippen MR) is 97.2 cm³/mol. The standard InChI is InChI=1S/C21H21F2N3O/c22-19-14(11-24)7-8-18(20(19)23)27-21-16-6-2-1-4-13(16)10-17(21)26-9-3-5-15(25)12-26/h1-2,4,6-8,15,17,21H,3,5,9-10,12,25H2. The lowest BCUT2D eigenvalue weighted by molar-refractivity contribution is 0.0566. The molecule has 27 heavy (non-hydrogen) atoms. The highest BCUT2D eigenvalue weighted by Gasteiger charge is 2.39. The van der Waals surface area contributed by atoms with Crippen LogP contribution in [0.3, 0.4) is 0 Å². The number of nitrogens with zero attached hydrogens (tertiary/aromatic N) is 2. The van der Waals surface area contributed by atoms with Crippen molar-refractivity contribution in [1.29, 1.82) is 5.26 Å². The van der Waals surface area contributed by atoms with E-state index in [-0.39, 0.29) is 23.4 Å². The van der Waals surface area contributed by atoms with Gasteiger partial charge in [-0.05, 0) is 49.1 Å². The molecule has 1 heterocycles. The molecule has 0 aromatic heterocycles. The SMILES string of the molecule is N#Cc1ccc(OC2c3ccccc3CC2N2CCCC(N)C2)c(F)c1F. The second-order valence-corrected chi connectivity index (χ2v) is 7.26. The molecular weight excluding hydrogens is 348 g/mol. The molecular formula is C21H21F2N3O. The van der Waals surface area contributed by atoms with Crippen LogP contribution in [0.15, 0.2) is 36.4 Å². The van der Waals surface area contributed by atoms with Gasteiger partial charge in [-0.3, -0.25) is 4.90 Å². The van der Waals surface area contributed by atoms with Crippen molar-refractivity contribution < 1.29 is 13.5 Å². The Morgan fingerprint density at radius 1 is 1.15 bits per heavy atom. The number of fused-ring (bicyclic) bond motifs is 1. The molecule has 0 saturated carbocycles. The molecule has 0 radical (unpaired) electrons. The summed E-state index contributed by atoms with van der Waals surface area (Å²) in [6, 6.07) is 12.3. The third kappa shape index (κ3) is 3.29. The molecule has 1 saturated heterocycles. The normalized spacial score (nSPS) is 25.0. The molecule has 0 amide bonds. The van der Waals surface area contributed by atoms with Gasteiger partial charge in [-0.1, -0.05) is 24.3 Å². The van der Waals surface area contributed by atoms with Crippen molar-refractivity contribution in [2.45, 2.75) is 37.5 Å². The number of halogens is 2. The van der Waals surface area contributed by atoms with Crippen molar-refractivity contribution in [1.82, 2.24) is 4.90 Å². The van der Waals surface area contributed by atoms with Crippen LogP contribution in [-0.2, 0) is 6.42 Å². The van der Waals surface area contributed by atoms with E-state index in [1.54, 1.807) is 6.07 Å². The van der Waals surface area contributed by atoms with Gasteiger partial charge in [0.2, 0.25) is 5.82 Å². The van der Waals surface area contributed by atoms with Crippen LogP contribution in [0.4, 0.5) is 8.78 Å². The first-order valence-corrected chi connectivity index (χ1v) is 9.20. The molecule has 1 fully saturated rings. The van der Waals surface area contributed by atoms with Crippen molar-refractivity contribution in [2.24, 2.45) is 5.73 Å². The number of benzene rings is 2. The zero-order valence-corrected chi connectivity index (χ0v) is 14.9. The molecule has 3 atom stereocenters.